The van der Waals surface area contributed by atoms with E-state index in [1.54, 1.807) is 31.0 Å². The lowest BCUT2D eigenvalue weighted by Crippen LogP contribution is -2.13. The van der Waals surface area contributed by atoms with Gasteiger partial charge >= 0.3 is 0 Å². The Bertz CT molecular complexity index is 714. The molecule has 0 aliphatic carbocycles. The first-order valence-electron chi connectivity index (χ1n) is 13.1. The molecule has 0 aliphatic heterocycles. The van der Waals surface area contributed by atoms with Crippen molar-refractivity contribution in [2.75, 3.05) is 0 Å². The molecular formula is C30H54N6. The quantitative estimate of drug-likeness (QED) is 0.309. The van der Waals surface area contributed by atoms with Crippen LogP contribution in [-0.2, 0) is 16.2 Å². The standard InChI is InChI=1S/3C8H12N2.3C2H6/c2*1-8(2,3)7-4-5-9-10-6-7;1-8(2,3)7-5-4-6-9-10-7;3*1-2/h3*4-6H,1-3H3;3*1-2H3. The van der Waals surface area contributed by atoms with Crippen LogP contribution in [0, 0.1) is 0 Å². The Kier molecular flexibility index (Phi) is 21.4. The van der Waals surface area contributed by atoms with Gasteiger partial charge in [-0.3, -0.25) is 0 Å². The van der Waals surface area contributed by atoms with Gasteiger partial charge in [-0.1, -0.05) is 104 Å². The molecule has 0 unspecified atom stereocenters. The van der Waals surface area contributed by atoms with E-state index in [9.17, 15) is 0 Å². The molecule has 0 amide bonds. The van der Waals surface area contributed by atoms with E-state index in [1.165, 1.54) is 11.1 Å². The molecule has 0 saturated carbocycles. The molecule has 0 radical (unpaired) electrons. The number of aromatic nitrogens is 6. The Labute approximate surface area is 222 Å². The maximum absolute atomic E-state index is 4.00. The molecule has 0 atom stereocenters. The van der Waals surface area contributed by atoms with Crippen LogP contribution in [0.4, 0.5) is 0 Å². The Balaban J connectivity index is -0.000000410. The number of rotatable bonds is 0. The smallest absolute Gasteiger partial charge is 0.0684 e. The molecule has 3 rings (SSSR count). The zero-order valence-corrected chi connectivity index (χ0v) is 25.9. The van der Waals surface area contributed by atoms with Crippen LogP contribution in [0.15, 0.2) is 55.2 Å². The van der Waals surface area contributed by atoms with Crippen LogP contribution >= 0.6 is 0 Å². The van der Waals surface area contributed by atoms with Gasteiger partial charge in [0.1, 0.15) is 0 Å². The summed E-state index contributed by atoms with van der Waals surface area (Å²) < 4.78 is 0. The minimum absolute atomic E-state index is 0.119. The lowest BCUT2D eigenvalue weighted by atomic mass is 9.89. The van der Waals surface area contributed by atoms with Crippen molar-refractivity contribution in [3.05, 3.63) is 72.1 Å². The number of hydrogen-bond donors (Lipinski definition) is 0. The molecule has 3 aromatic heterocycles. The maximum Gasteiger partial charge on any atom is 0.0684 e. The average Bonchev–Trinajstić information content (AvgIpc) is 2.89. The molecule has 6 nitrogen and oxygen atoms in total. The molecule has 6 heteroatoms. The first-order valence-corrected chi connectivity index (χ1v) is 13.1. The van der Waals surface area contributed by atoms with E-state index in [0.29, 0.717) is 0 Å². The molecule has 3 heterocycles. The minimum atomic E-state index is 0.119. The van der Waals surface area contributed by atoms with Crippen LogP contribution < -0.4 is 0 Å². The average molecular weight is 499 g/mol. The second-order valence-corrected chi connectivity index (χ2v) is 10.1. The van der Waals surface area contributed by atoms with Gasteiger partial charge in [0.2, 0.25) is 0 Å². The normalized spacial score (nSPS) is 10.1. The Morgan fingerprint density at radius 3 is 1.00 bits per heavy atom. The fourth-order valence-corrected chi connectivity index (χ4v) is 2.17. The van der Waals surface area contributed by atoms with Crippen molar-refractivity contribution in [1.82, 2.24) is 30.6 Å². The SMILES string of the molecule is CC.CC.CC.CC(C)(C)c1cccnn1.CC(C)(C)c1ccnnc1.CC(C)(C)c1ccnnc1. The molecule has 0 saturated heterocycles. The zero-order chi connectivity index (χ0) is 28.8. The van der Waals surface area contributed by atoms with E-state index in [-0.39, 0.29) is 16.2 Å². The summed E-state index contributed by atoms with van der Waals surface area (Å²) in [4.78, 5) is 0. The van der Waals surface area contributed by atoms with Crippen molar-refractivity contribution in [1.29, 1.82) is 0 Å². The Hall–Kier alpha value is -2.76. The molecule has 204 valence electrons. The third kappa shape index (κ3) is 18.6. The molecular weight excluding hydrogens is 444 g/mol. The van der Waals surface area contributed by atoms with E-state index in [0.717, 1.165) is 5.69 Å². The lowest BCUT2D eigenvalue weighted by Gasteiger charge is -2.16. The monoisotopic (exact) mass is 498 g/mol. The summed E-state index contributed by atoms with van der Waals surface area (Å²) in [6.45, 7) is 31.3. The maximum atomic E-state index is 4.00. The van der Waals surface area contributed by atoms with Crippen LogP contribution in [0.5, 0.6) is 0 Å². The van der Waals surface area contributed by atoms with Gasteiger partial charge in [-0.25, -0.2) is 0 Å². The first-order chi connectivity index (χ1) is 16.8. The molecule has 3 aromatic rings. The number of nitrogens with zero attached hydrogens (tertiary/aromatic N) is 6. The summed E-state index contributed by atoms with van der Waals surface area (Å²) in [5, 5.41) is 22.8. The third-order valence-electron chi connectivity index (χ3n) is 4.24. The predicted molar refractivity (Wildman–Crippen MR) is 156 cm³/mol. The van der Waals surface area contributed by atoms with Crippen molar-refractivity contribution in [3.8, 4) is 0 Å². The molecule has 36 heavy (non-hydrogen) atoms. The topological polar surface area (TPSA) is 77.3 Å². The highest BCUT2D eigenvalue weighted by molar-refractivity contribution is 5.16. The van der Waals surface area contributed by atoms with Crippen LogP contribution in [0.3, 0.4) is 0 Å². The van der Waals surface area contributed by atoms with Gasteiger partial charge < -0.3 is 0 Å². The summed E-state index contributed by atoms with van der Waals surface area (Å²) in [5.74, 6) is 0. The van der Waals surface area contributed by atoms with E-state index in [1.807, 2.05) is 65.8 Å². The van der Waals surface area contributed by atoms with Gasteiger partial charge in [0, 0.05) is 24.0 Å². The van der Waals surface area contributed by atoms with Gasteiger partial charge in [0.25, 0.3) is 0 Å². The second kappa shape index (κ2) is 20.4. The summed E-state index contributed by atoms with van der Waals surface area (Å²) in [7, 11) is 0. The minimum Gasteiger partial charge on any atom is -0.159 e. The highest BCUT2D eigenvalue weighted by Gasteiger charge is 2.14. The van der Waals surface area contributed by atoms with E-state index in [2.05, 4.69) is 92.9 Å². The lowest BCUT2D eigenvalue weighted by molar-refractivity contribution is 0.558. The fourth-order valence-electron chi connectivity index (χ4n) is 2.17. The van der Waals surface area contributed by atoms with Crippen LogP contribution in [-0.4, -0.2) is 30.6 Å². The van der Waals surface area contributed by atoms with Crippen molar-refractivity contribution in [3.63, 3.8) is 0 Å². The molecule has 0 N–H and O–H groups in total. The highest BCUT2D eigenvalue weighted by atomic mass is 15.1. The molecule has 0 bridgehead atoms. The summed E-state index contributed by atoms with van der Waals surface area (Å²) >= 11 is 0. The summed E-state index contributed by atoms with van der Waals surface area (Å²) in [5.41, 5.74) is 3.99. The highest BCUT2D eigenvalue weighted by Crippen LogP contribution is 2.20. The fraction of sp³-hybridized carbons (Fsp3) is 0.600. The predicted octanol–water partition coefficient (Wildman–Crippen LogP) is 8.40. The summed E-state index contributed by atoms with van der Waals surface area (Å²) in [6.07, 6.45) is 8.75. The van der Waals surface area contributed by atoms with Gasteiger partial charge in [-0.05, 0) is 46.2 Å². The third-order valence-corrected chi connectivity index (χ3v) is 4.24. The molecule has 0 aliphatic rings. The van der Waals surface area contributed by atoms with Gasteiger partial charge in [-0.15, -0.1) is 0 Å². The van der Waals surface area contributed by atoms with Crippen LogP contribution in [0.2, 0.25) is 0 Å². The Morgan fingerprint density at radius 1 is 0.444 bits per heavy atom. The molecule has 0 spiro atoms. The van der Waals surface area contributed by atoms with Crippen LogP contribution in [0.1, 0.15) is 121 Å². The van der Waals surface area contributed by atoms with Gasteiger partial charge in [0.15, 0.2) is 0 Å². The van der Waals surface area contributed by atoms with Crippen molar-refractivity contribution in [2.24, 2.45) is 0 Å². The van der Waals surface area contributed by atoms with E-state index >= 15 is 0 Å². The first kappa shape index (κ1) is 37.8. The Morgan fingerprint density at radius 2 is 0.833 bits per heavy atom. The van der Waals surface area contributed by atoms with E-state index in [4.69, 9.17) is 0 Å². The van der Waals surface area contributed by atoms with Crippen molar-refractivity contribution < 1.29 is 0 Å². The van der Waals surface area contributed by atoms with Crippen molar-refractivity contribution in [2.45, 2.75) is 120 Å². The molecule has 0 fully saturated rings. The van der Waals surface area contributed by atoms with Crippen LogP contribution in [0.25, 0.3) is 0 Å². The van der Waals surface area contributed by atoms with Crippen molar-refractivity contribution >= 4 is 0 Å². The number of hydrogen-bond acceptors (Lipinski definition) is 6. The van der Waals surface area contributed by atoms with E-state index < -0.39 is 0 Å². The molecule has 0 aromatic carbocycles. The largest absolute Gasteiger partial charge is 0.159 e. The second-order valence-electron chi connectivity index (χ2n) is 10.1. The summed E-state index contributed by atoms with van der Waals surface area (Å²) in [6, 6.07) is 7.89. The van der Waals surface area contributed by atoms with Gasteiger partial charge in [-0.2, -0.15) is 30.6 Å². The zero-order valence-electron chi connectivity index (χ0n) is 25.9. The van der Waals surface area contributed by atoms with Gasteiger partial charge in [0.05, 0.1) is 18.1 Å².